The second kappa shape index (κ2) is 6.14. The molecule has 1 aromatic carbocycles. The van der Waals surface area contributed by atoms with Gasteiger partial charge in [0.15, 0.2) is 5.13 Å². The maximum Gasteiger partial charge on any atom is 0.321 e. The normalized spacial score (nSPS) is 10.2. The summed E-state index contributed by atoms with van der Waals surface area (Å²) in [6, 6.07) is 7.35. The third-order valence-corrected chi connectivity index (χ3v) is 3.25. The average Bonchev–Trinajstić information content (AvgIpc) is 2.76. The molecule has 100 valence electrons. The zero-order valence-electron chi connectivity index (χ0n) is 10.4. The Balaban J connectivity index is 1.83. The van der Waals surface area contributed by atoms with Gasteiger partial charge in [0.25, 0.3) is 0 Å². The van der Waals surface area contributed by atoms with Gasteiger partial charge in [-0.3, -0.25) is 10.1 Å². The Morgan fingerprint density at radius 1 is 1.21 bits per heavy atom. The zero-order valence-corrected chi connectivity index (χ0v) is 11.2. The molecular weight excluding hydrogens is 264 g/mol. The summed E-state index contributed by atoms with van der Waals surface area (Å²) in [6.07, 6.45) is 0. The molecule has 6 nitrogen and oxygen atoms in total. The topological polar surface area (TPSA) is 83.1 Å². The van der Waals surface area contributed by atoms with Crippen molar-refractivity contribution in [3.05, 3.63) is 24.3 Å². The molecule has 19 heavy (non-hydrogen) atoms. The Kier molecular flexibility index (Phi) is 4.30. The number of aromatic nitrogens is 1. The minimum Gasteiger partial charge on any atom is -0.355 e. The molecule has 0 radical (unpaired) electrons. The number of anilines is 1. The first-order valence-electron chi connectivity index (χ1n) is 5.80. The summed E-state index contributed by atoms with van der Waals surface area (Å²) in [5, 5.41) is 8.44. The molecule has 2 aromatic rings. The second-order valence-electron chi connectivity index (χ2n) is 3.85. The Hall–Kier alpha value is -2.15. The van der Waals surface area contributed by atoms with Crippen molar-refractivity contribution in [3.63, 3.8) is 0 Å². The molecule has 0 aliphatic carbocycles. The predicted octanol–water partition coefficient (Wildman–Crippen LogP) is 1.55. The number of benzene rings is 1. The summed E-state index contributed by atoms with van der Waals surface area (Å²) in [7, 11) is 0. The Morgan fingerprint density at radius 2 is 1.95 bits per heavy atom. The first kappa shape index (κ1) is 13.3. The van der Waals surface area contributed by atoms with Crippen molar-refractivity contribution in [1.29, 1.82) is 0 Å². The number of fused-ring (bicyclic) bond motifs is 1. The van der Waals surface area contributed by atoms with Crippen LogP contribution in [0, 0.1) is 0 Å². The van der Waals surface area contributed by atoms with E-state index in [1.165, 1.54) is 18.3 Å². The van der Waals surface area contributed by atoms with Crippen molar-refractivity contribution >= 4 is 38.6 Å². The number of hydrogen-bond donors (Lipinski definition) is 3. The van der Waals surface area contributed by atoms with Gasteiger partial charge in [0.2, 0.25) is 5.91 Å². The van der Waals surface area contributed by atoms with Crippen LogP contribution in [0.4, 0.5) is 9.93 Å². The van der Waals surface area contributed by atoms with Gasteiger partial charge < -0.3 is 10.6 Å². The van der Waals surface area contributed by atoms with Crippen LogP contribution in [0.2, 0.25) is 0 Å². The number of carbonyl (C=O) groups is 2. The predicted molar refractivity (Wildman–Crippen MR) is 75.3 cm³/mol. The molecular formula is C12H14N4O2S. The van der Waals surface area contributed by atoms with Gasteiger partial charge in [-0.15, -0.1) is 0 Å². The summed E-state index contributed by atoms with van der Waals surface area (Å²) in [4.78, 5) is 26.5. The summed E-state index contributed by atoms with van der Waals surface area (Å²) < 4.78 is 1.02. The van der Waals surface area contributed by atoms with Crippen molar-refractivity contribution in [2.45, 2.75) is 6.92 Å². The van der Waals surface area contributed by atoms with Crippen molar-refractivity contribution in [2.75, 3.05) is 18.4 Å². The van der Waals surface area contributed by atoms with Crippen LogP contribution in [-0.2, 0) is 4.79 Å². The van der Waals surface area contributed by atoms with Crippen LogP contribution < -0.4 is 16.0 Å². The van der Waals surface area contributed by atoms with Crippen LogP contribution in [-0.4, -0.2) is 30.0 Å². The van der Waals surface area contributed by atoms with Crippen LogP contribution in [0.5, 0.6) is 0 Å². The number of rotatable bonds is 4. The van der Waals surface area contributed by atoms with E-state index in [-0.39, 0.29) is 11.9 Å². The molecule has 3 amide bonds. The molecule has 0 spiro atoms. The summed E-state index contributed by atoms with van der Waals surface area (Å²) >= 11 is 1.42. The highest BCUT2D eigenvalue weighted by Crippen LogP contribution is 2.24. The van der Waals surface area contributed by atoms with Crippen molar-refractivity contribution in [2.24, 2.45) is 0 Å². The number of hydrogen-bond acceptors (Lipinski definition) is 4. The monoisotopic (exact) mass is 278 g/mol. The van der Waals surface area contributed by atoms with Gasteiger partial charge in [0.05, 0.1) is 10.2 Å². The summed E-state index contributed by atoms with van der Waals surface area (Å²) in [5.74, 6) is -0.117. The van der Waals surface area contributed by atoms with E-state index in [2.05, 4.69) is 20.9 Å². The lowest BCUT2D eigenvalue weighted by Crippen LogP contribution is -2.36. The number of thiazole rings is 1. The van der Waals surface area contributed by atoms with E-state index in [1.54, 1.807) is 0 Å². The first-order chi connectivity index (χ1) is 9.15. The van der Waals surface area contributed by atoms with Crippen molar-refractivity contribution < 1.29 is 9.59 Å². The molecule has 0 unspecified atom stereocenters. The lowest BCUT2D eigenvalue weighted by Gasteiger charge is -2.05. The zero-order chi connectivity index (χ0) is 13.7. The van der Waals surface area contributed by atoms with Crippen LogP contribution in [0.25, 0.3) is 10.2 Å². The number of amides is 3. The maximum atomic E-state index is 11.6. The van der Waals surface area contributed by atoms with E-state index in [4.69, 9.17) is 0 Å². The molecule has 1 aromatic heterocycles. The highest BCUT2D eigenvalue weighted by atomic mass is 32.1. The van der Waals surface area contributed by atoms with E-state index in [9.17, 15) is 9.59 Å². The minimum absolute atomic E-state index is 0.117. The van der Waals surface area contributed by atoms with E-state index in [0.717, 1.165) is 10.2 Å². The third kappa shape index (κ3) is 3.92. The van der Waals surface area contributed by atoms with E-state index < -0.39 is 0 Å². The van der Waals surface area contributed by atoms with Gasteiger partial charge in [-0.2, -0.15) is 0 Å². The lowest BCUT2D eigenvalue weighted by atomic mass is 10.3. The van der Waals surface area contributed by atoms with Gasteiger partial charge in [-0.05, 0) is 12.1 Å². The first-order valence-corrected chi connectivity index (χ1v) is 6.61. The van der Waals surface area contributed by atoms with Gasteiger partial charge in [0, 0.05) is 20.0 Å². The number of nitrogens with zero attached hydrogens (tertiary/aromatic N) is 1. The highest BCUT2D eigenvalue weighted by Gasteiger charge is 2.06. The van der Waals surface area contributed by atoms with Crippen molar-refractivity contribution in [3.8, 4) is 0 Å². The minimum atomic E-state index is -0.329. The standard InChI is InChI=1S/C12H14N4O2S/c1-8(17)13-6-7-14-11(18)16-12-15-9-4-2-3-5-10(9)19-12/h2-5H,6-7H2,1H3,(H,13,17)(H2,14,15,16,18). The second-order valence-corrected chi connectivity index (χ2v) is 4.88. The SMILES string of the molecule is CC(=O)NCCNC(=O)Nc1nc2ccccc2s1. The molecule has 7 heteroatoms. The molecule has 0 atom stereocenters. The third-order valence-electron chi connectivity index (χ3n) is 2.30. The van der Waals surface area contributed by atoms with Crippen LogP contribution in [0.1, 0.15) is 6.92 Å². The van der Waals surface area contributed by atoms with Gasteiger partial charge in [-0.25, -0.2) is 9.78 Å². The van der Waals surface area contributed by atoms with Gasteiger partial charge in [-0.1, -0.05) is 23.5 Å². The van der Waals surface area contributed by atoms with Crippen molar-refractivity contribution in [1.82, 2.24) is 15.6 Å². The van der Waals surface area contributed by atoms with Crippen LogP contribution in [0.3, 0.4) is 0 Å². The molecule has 0 saturated carbocycles. The van der Waals surface area contributed by atoms with E-state index >= 15 is 0 Å². The molecule has 2 rings (SSSR count). The smallest absolute Gasteiger partial charge is 0.321 e. The largest absolute Gasteiger partial charge is 0.355 e. The van der Waals surface area contributed by atoms with Crippen LogP contribution in [0.15, 0.2) is 24.3 Å². The molecule has 0 fully saturated rings. The van der Waals surface area contributed by atoms with Gasteiger partial charge in [0.1, 0.15) is 0 Å². The molecule has 0 bridgehead atoms. The van der Waals surface area contributed by atoms with E-state index in [0.29, 0.717) is 18.2 Å². The molecule has 1 heterocycles. The van der Waals surface area contributed by atoms with Gasteiger partial charge >= 0.3 is 6.03 Å². The van der Waals surface area contributed by atoms with Crippen LogP contribution >= 0.6 is 11.3 Å². The lowest BCUT2D eigenvalue weighted by molar-refractivity contribution is -0.118. The fourth-order valence-electron chi connectivity index (χ4n) is 1.48. The Morgan fingerprint density at radius 3 is 2.68 bits per heavy atom. The molecule has 3 N–H and O–H groups in total. The molecule has 0 saturated heterocycles. The molecule has 0 aliphatic rings. The number of para-hydroxylation sites is 1. The fourth-order valence-corrected chi connectivity index (χ4v) is 2.34. The van der Waals surface area contributed by atoms with E-state index in [1.807, 2.05) is 24.3 Å². The fraction of sp³-hybridized carbons (Fsp3) is 0.250. The number of urea groups is 1. The number of nitrogens with one attached hydrogen (secondary N) is 3. The average molecular weight is 278 g/mol. The molecule has 0 aliphatic heterocycles. The highest BCUT2D eigenvalue weighted by molar-refractivity contribution is 7.22. The number of carbonyl (C=O) groups excluding carboxylic acids is 2. The summed E-state index contributed by atoms with van der Waals surface area (Å²) in [5.41, 5.74) is 0.862. The Labute approximate surface area is 114 Å². The quantitative estimate of drug-likeness (QED) is 0.742. The summed E-state index contributed by atoms with van der Waals surface area (Å²) in [6.45, 7) is 2.21. The Bertz CT molecular complexity index is 563. The maximum absolute atomic E-state index is 11.6.